The second-order valence-corrected chi connectivity index (χ2v) is 2.99. The Balaban J connectivity index is 1.79. The van der Waals surface area contributed by atoms with Gasteiger partial charge in [0.15, 0.2) is 0 Å². The number of nitrogens with zero attached hydrogens (tertiary/aromatic N) is 1. The van der Waals surface area contributed by atoms with Crippen LogP contribution in [0.1, 0.15) is 26.2 Å². The summed E-state index contributed by atoms with van der Waals surface area (Å²) in [5, 5.41) is 0. The lowest BCUT2D eigenvalue weighted by Crippen LogP contribution is -2.02. The Labute approximate surface area is 50.7 Å². The monoisotopic (exact) mass is 111 g/mol. The van der Waals surface area contributed by atoms with E-state index in [1.54, 1.807) is 0 Å². The van der Waals surface area contributed by atoms with E-state index < -0.39 is 0 Å². The fourth-order valence-corrected chi connectivity index (χ4v) is 1.41. The lowest BCUT2D eigenvalue weighted by Gasteiger charge is -1.94. The third kappa shape index (κ3) is 0.655. The molecular formula is C7H13N. The Kier molecular flexibility index (Phi) is 0.884. The van der Waals surface area contributed by atoms with Gasteiger partial charge in [-0.25, -0.2) is 0 Å². The number of hydrogen-bond donors (Lipinski definition) is 0. The normalized spacial score (nSPS) is 44.6. The van der Waals surface area contributed by atoms with E-state index in [9.17, 15) is 0 Å². The first-order chi connectivity index (χ1) is 3.92. The summed E-state index contributed by atoms with van der Waals surface area (Å²) in [4.78, 5) is 2.62. The molecule has 0 aromatic rings. The van der Waals surface area contributed by atoms with Crippen LogP contribution in [0.4, 0.5) is 0 Å². The average molecular weight is 111 g/mol. The van der Waals surface area contributed by atoms with Crippen molar-refractivity contribution < 1.29 is 0 Å². The van der Waals surface area contributed by atoms with Crippen molar-refractivity contribution >= 4 is 0 Å². The van der Waals surface area contributed by atoms with Crippen LogP contribution in [0.2, 0.25) is 0 Å². The Morgan fingerprint density at radius 2 is 2.25 bits per heavy atom. The molecule has 1 heteroatoms. The molecule has 0 N–H and O–H groups in total. The van der Waals surface area contributed by atoms with Crippen LogP contribution in [0.25, 0.3) is 0 Å². The van der Waals surface area contributed by atoms with Gasteiger partial charge in [-0.05, 0) is 19.3 Å². The molecule has 1 heterocycles. The first-order valence-corrected chi connectivity index (χ1v) is 3.67. The molecule has 0 bridgehead atoms. The van der Waals surface area contributed by atoms with Gasteiger partial charge in [0, 0.05) is 18.6 Å². The van der Waals surface area contributed by atoms with E-state index in [1.807, 2.05) is 0 Å². The summed E-state index contributed by atoms with van der Waals surface area (Å²) in [6.45, 7) is 3.69. The van der Waals surface area contributed by atoms with E-state index in [4.69, 9.17) is 0 Å². The second-order valence-electron chi connectivity index (χ2n) is 2.99. The van der Waals surface area contributed by atoms with Gasteiger partial charge in [0.25, 0.3) is 0 Å². The highest BCUT2D eigenvalue weighted by Gasteiger charge is 2.42. The van der Waals surface area contributed by atoms with Crippen molar-refractivity contribution in [3.8, 4) is 0 Å². The molecule has 0 amide bonds. The van der Waals surface area contributed by atoms with E-state index in [0.29, 0.717) is 0 Å². The van der Waals surface area contributed by atoms with Crippen molar-refractivity contribution in [2.24, 2.45) is 0 Å². The summed E-state index contributed by atoms with van der Waals surface area (Å²) < 4.78 is 0. The molecule has 0 aromatic carbocycles. The fourth-order valence-electron chi connectivity index (χ4n) is 1.41. The van der Waals surface area contributed by atoms with Gasteiger partial charge >= 0.3 is 0 Å². The predicted octanol–water partition coefficient (Wildman–Crippen LogP) is 1.24. The zero-order valence-corrected chi connectivity index (χ0v) is 5.43. The van der Waals surface area contributed by atoms with Crippen molar-refractivity contribution in [1.82, 2.24) is 4.90 Å². The lowest BCUT2D eigenvalue weighted by molar-refractivity contribution is 0.491. The molecule has 1 saturated heterocycles. The highest BCUT2D eigenvalue weighted by Crippen LogP contribution is 2.36. The molecular weight excluding hydrogens is 98.1 g/mol. The third-order valence-corrected chi connectivity index (χ3v) is 2.24. The maximum Gasteiger partial charge on any atom is 0.0224 e. The lowest BCUT2D eigenvalue weighted by atomic mass is 10.4. The smallest absolute Gasteiger partial charge is 0.0224 e. The van der Waals surface area contributed by atoms with Crippen LogP contribution in [-0.4, -0.2) is 23.5 Å². The zero-order valence-electron chi connectivity index (χ0n) is 5.43. The van der Waals surface area contributed by atoms with Crippen molar-refractivity contribution in [2.45, 2.75) is 38.3 Å². The van der Waals surface area contributed by atoms with Crippen LogP contribution in [-0.2, 0) is 0 Å². The molecule has 2 atom stereocenters. The minimum atomic E-state index is 0.988. The van der Waals surface area contributed by atoms with Gasteiger partial charge in [-0.3, -0.25) is 4.90 Å². The van der Waals surface area contributed by atoms with Gasteiger partial charge < -0.3 is 0 Å². The molecule has 0 spiro atoms. The molecule has 1 aliphatic carbocycles. The first kappa shape index (κ1) is 4.80. The van der Waals surface area contributed by atoms with Crippen molar-refractivity contribution in [2.75, 3.05) is 6.54 Å². The standard InChI is InChI=1S/C7H13N/c1-2-6-5-8(6)7-3-4-7/h6-7H,2-5H2,1H3. The summed E-state index contributed by atoms with van der Waals surface area (Å²) in [5.41, 5.74) is 0. The topological polar surface area (TPSA) is 3.01 Å². The van der Waals surface area contributed by atoms with Crippen LogP contribution in [0.5, 0.6) is 0 Å². The van der Waals surface area contributed by atoms with Crippen molar-refractivity contribution in [3.63, 3.8) is 0 Å². The average Bonchev–Trinajstić information content (AvgIpc) is 2.62. The van der Waals surface area contributed by atoms with Crippen LogP contribution < -0.4 is 0 Å². The summed E-state index contributed by atoms with van der Waals surface area (Å²) >= 11 is 0. The molecule has 2 aliphatic rings. The molecule has 0 aromatic heterocycles. The summed E-state index contributed by atoms with van der Waals surface area (Å²) in [6, 6.07) is 2.02. The van der Waals surface area contributed by atoms with E-state index >= 15 is 0 Å². The quantitative estimate of drug-likeness (QED) is 0.484. The Hall–Kier alpha value is -0.0400. The van der Waals surface area contributed by atoms with Crippen LogP contribution in [0.3, 0.4) is 0 Å². The Morgan fingerprint density at radius 1 is 1.50 bits per heavy atom. The molecule has 46 valence electrons. The minimum Gasteiger partial charge on any atom is -0.295 e. The number of hydrogen-bond acceptors (Lipinski definition) is 1. The van der Waals surface area contributed by atoms with Gasteiger partial charge in [0.05, 0.1) is 0 Å². The molecule has 1 nitrogen and oxygen atoms in total. The van der Waals surface area contributed by atoms with Crippen LogP contribution >= 0.6 is 0 Å². The first-order valence-electron chi connectivity index (χ1n) is 3.67. The molecule has 2 fully saturated rings. The molecule has 1 aliphatic heterocycles. The maximum atomic E-state index is 2.62. The molecule has 1 saturated carbocycles. The van der Waals surface area contributed by atoms with Crippen molar-refractivity contribution in [3.05, 3.63) is 0 Å². The van der Waals surface area contributed by atoms with Crippen molar-refractivity contribution in [1.29, 1.82) is 0 Å². The molecule has 2 unspecified atom stereocenters. The molecule has 2 rings (SSSR count). The number of rotatable bonds is 2. The van der Waals surface area contributed by atoms with Gasteiger partial charge in [0.1, 0.15) is 0 Å². The van der Waals surface area contributed by atoms with Gasteiger partial charge in [-0.15, -0.1) is 0 Å². The van der Waals surface area contributed by atoms with Crippen LogP contribution in [0, 0.1) is 0 Å². The summed E-state index contributed by atoms with van der Waals surface area (Å²) in [5.74, 6) is 0. The summed E-state index contributed by atoms with van der Waals surface area (Å²) in [7, 11) is 0. The molecule has 0 radical (unpaired) electrons. The highest BCUT2D eigenvalue weighted by molar-refractivity contribution is 4.99. The van der Waals surface area contributed by atoms with Crippen LogP contribution in [0.15, 0.2) is 0 Å². The third-order valence-electron chi connectivity index (χ3n) is 2.24. The Morgan fingerprint density at radius 3 is 2.62 bits per heavy atom. The van der Waals surface area contributed by atoms with Gasteiger partial charge in [-0.2, -0.15) is 0 Å². The highest BCUT2D eigenvalue weighted by atomic mass is 15.3. The molecule has 8 heavy (non-hydrogen) atoms. The largest absolute Gasteiger partial charge is 0.295 e. The zero-order chi connectivity index (χ0) is 5.56. The summed E-state index contributed by atoms with van der Waals surface area (Å²) in [6.07, 6.45) is 4.34. The Bertz CT molecular complexity index is 96.6. The second kappa shape index (κ2) is 1.47. The fraction of sp³-hybridized carbons (Fsp3) is 1.00. The van der Waals surface area contributed by atoms with E-state index in [0.717, 1.165) is 12.1 Å². The van der Waals surface area contributed by atoms with E-state index in [-0.39, 0.29) is 0 Å². The van der Waals surface area contributed by atoms with Gasteiger partial charge in [-0.1, -0.05) is 6.92 Å². The van der Waals surface area contributed by atoms with Gasteiger partial charge in [0.2, 0.25) is 0 Å². The van der Waals surface area contributed by atoms with E-state index in [2.05, 4.69) is 11.8 Å². The SMILES string of the molecule is CCC1CN1C1CC1. The minimum absolute atomic E-state index is 0.988. The van der Waals surface area contributed by atoms with E-state index in [1.165, 1.54) is 25.8 Å². The predicted molar refractivity (Wildman–Crippen MR) is 33.8 cm³/mol. The maximum absolute atomic E-state index is 2.62.